The number of nitro groups is 3. The smallest absolute Gasteiger partial charge is 0.279 e. The van der Waals surface area contributed by atoms with Crippen LogP contribution in [0.4, 0.5) is 22.7 Å². The Morgan fingerprint density at radius 2 is 1.59 bits per heavy atom. The molecule has 0 heterocycles. The molecule has 150 valence electrons. The Morgan fingerprint density at radius 1 is 0.966 bits per heavy atom. The predicted octanol–water partition coefficient (Wildman–Crippen LogP) is 4.70. The van der Waals surface area contributed by atoms with E-state index in [1.807, 2.05) is 13.8 Å². The fourth-order valence-electron chi connectivity index (χ4n) is 2.49. The lowest BCUT2D eigenvalue weighted by molar-refractivity contribution is -0.403. The molecule has 0 saturated carbocycles. The summed E-state index contributed by atoms with van der Waals surface area (Å²) in [5.74, 6) is 0. The first-order chi connectivity index (χ1) is 13.7. The molecule has 29 heavy (non-hydrogen) atoms. The van der Waals surface area contributed by atoms with E-state index in [1.165, 1.54) is 12.2 Å². The van der Waals surface area contributed by atoms with Gasteiger partial charge in [-0.25, -0.2) is 0 Å². The molecular weight excluding hydrogens is 382 g/mol. The highest BCUT2D eigenvalue weighted by molar-refractivity contribution is 5.81. The summed E-state index contributed by atoms with van der Waals surface area (Å²) in [6.07, 6.45) is 5.16. The van der Waals surface area contributed by atoms with E-state index in [1.54, 1.807) is 24.4 Å². The maximum absolute atomic E-state index is 11.3. The van der Waals surface area contributed by atoms with Gasteiger partial charge < -0.3 is 0 Å². The summed E-state index contributed by atoms with van der Waals surface area (Å²) >= 11 is 0. The van der Waals surface area contributed by atoms with Gasteiger partial charge >= 0.3 is 0 Å². The first-order valence-corrected chi connectivity index (χ1v) is 8.42. The van der Waals surface area contributed by atoms with Crippen molar-refractivity contribution in [3.8, 4) is 0 Å². The molecule has 0 aliphatic rings. The molecule has 0 saturated heterocycles. The quantitative estimate of drug-likeness (QED) is 0.292. The van der Waals surface area contributed by atoms with Gasteiger partial charge in [0.15, 0.2) is 0 Å². The molecular formula is C18H17N5O6. The second-order valence-corrected chi connectivity index (χ2v) is 5.91. The van der Waals surface area contributed by atoms with Crippen LogP contribution >= 0.6 is 0 Å². The normalized spacial score (nSPS) is 11.1. The van der Waals surface area contributed by atoms with Gasteiger partial charge in [0.25, 0.3) is 17.1 Å². The molecule has 11 heteroatoms. The van der Waals surface area contributed by atoms with Crippen LogP contribution in [0.5, 0.6) is 0 Å². The zero-order valence-corrected chi connectivity index (χ0v) is 15.6. The Balaban J connectivity index is 2.47. The van der Waals surface area contributed by atoms with Gasteiger partial charge in [-0.1, -0.05) is 19.1 Å². The van der Waals surface area contributed by atoms with Crippen molar-refractivity contribution in [3.63, 3.8) is 0 Å². The van der Waals surface area contributed by atoms with E-state index in [9.17, 15) is 30.3 Å². The van der Waals surface area contributed by atoms with Gasteiger partial charge in [-0.05, 0) is 42.7 Å². The molecule has 0 radical (unpaired) electrons. The third-order valence-corrected chi connectivity index (χ3v) is 3.88. The topological polar surface area (TPSA) is 154 Å². The number of anilines is 1. The Hall–Kier alpha value is -4.15. The van der Waals surface area contributed by atoms with Gasteiger partial charge in [0.05, 0.1) is 32.6 Å². The van der Waals surface area contributed by atoms with Gasteiger partial charge in [-0.2, -0.15) is 5.10 Å². The average molecular weight is 399 g/mol. The first-order valence-electron chi connectivity index (χ1n) is 8.42. The average Bonchev–Trinajstić information content (AvgIpc) is 2.67. The lowest BCUT2D eigenvalue weighted by Gasteiger charge is -2.06. The van der Waals surface area contributed by atoms with Crippen LogP contribution < -0.4 is 5.43 Å². The Morgan fingerprint density at radius 3 is 2.07 bits per heavy atom. The summed E-state index contributed by atoms with van der Waals surface area (Å²) in [6.45, 7) is 3.78. The highest BCUT2D eigenvalue weighted by atomic mass is 16.6. The van der Waals surface area contributed by atoms with E-state index in [0.717, 1.165) is 17.7 Å². The number of rotatable bonds is 8. The van der Waals surface area contributed by atoms with E-state index in [2.05, 4.69) is 10.5 Å². The molecule has 2 rings (SSSR count). The molecule has 0 aromatic heterocycles. The molecule has 0 bridgehead atoms. The first kappa shape index (κ1) is 21.2. The molecule has 1 N–H and O–H groups in total. The summed E-state index contributed by atoms with van der Waals surface area (Å²) in [6, 6.07) is 6.63. The van der Waals surface area contributed by atoms with Gasteiger partial charge in [0.2, 0.25) is 0 Å². The summed E-state index contributed by atoms with van der Waals surface area (Å²) in [5.41, 5.74) is 2.64. The second kappa shape index (κ2) is 9.17. The molecule has 2 aromatic carbocycles. The highest BCUT2D eigenvalue weighted by Crippen LogP contribution is 2.35. The van der Waals surface area contributed by atoms with E-state index < -0.39 is 31.8 Å². The summed E-state index contributed by atoms with van der Waals surface area (Å²) in [7, 11) is 0. The number of non-ortho nitro benzene ring substituents is 1. The van der Waals surface area contributed by atoms with E-state index in [-0.39, 0.29) is 5.56 Å². The van der Waals surface area contributed by atoms with Gasteiger partial charge in [0, 0.05) is 6.21 Å². The third-order valence-electron chi connectivity index (χ3n) is 3.88. The minimum Gasteiger partial charge on any atom is -0.279 e. The number of nitrogens with zero attached hydrogens (tertiary/aromatic N) is 4. The molecule has 0 aliphatic carbocycles. The van der Waals surface area contributed by atoms with E-state index >= 15 is 0 Å². The zero-order valence-electron chi connectivity index (χ0n) is 15.6. The predicted molar refractivity (Wildman–Crippen MR) is 109 cm³/mol. The van der Waals surface area contributed by atoms with Crippen LogP contribution in [0.1, 0.15) is 30.0 Å². The van der Waals surface area contributed by atoms with Crippen molar-refractivity contribution < 1.29 is 14.8 Å². The molecule has 0 unspecified atom stereocenters. The molecule has 2 aromatic rings. The minimum absolute atomic E-state index is 0.321. The van der Waals surface area contributed by atoms with Gasteiger partial charge in [-0.15, -0.1) is 0 Å². The number of hydrogen-bond acceptors (Lipinski definition) is 8. The fraction of sp³-hybridized carbons (Fsp3) is 0.167. The van der Waals surface area contributed by atoms with Crippen molar-refractivity contribution in [2.75, 3.05) is 5.43 Å². The van der Waals surface area contributed by atoms with Gasteiger partial charge in [-0.3, -0.25) is 35.8 Å². The van der Waals surface area contributed by atoms with Crippen LogP contribution in [0.2, 0.25) is 0 Å². The van der Waals surface area contributed by atoms with Crippen LogP contribution in [-0.2, 0) is 0 Å². The maximum Gasteiger partial charge on any atom is 0.290 e. The van der Waals surface area contributed by atoms with Crippen molar-refractivity contribution in [2.45, 2.75) is 20.3 Å². The number of nitro benzene ring substituents is 3. The van der Waals surface area contributed by atoms with Crippen molar-refractivity contribution in [3.05, 3.63) is 77.4 Å². The molecule has 0 aliphatic heterocycles. The van der Waals surface area contributed by atoms with Crippen LogP contribution in [0, 0.1) is 37.3 Å². The highest BCUT2D eigenvalue weighted by Gasteiger charge is 2.28. The van der Waals surface area contributed by atoms with Crippen LogP contribution in [0.3, 0.4) is 0 Å². The molecule has 11 nitrogen and oxygen atoms in total. The van der Waals surface area contributed by atoms with Crippen molar-refractivity contribution in [1.82, 2.24) is 0 Å². The van der Waals surface area contributed by atoms with Crippen molar-refractivity contribution >= 4 is 41.1 Å². The molecule has 0 atom stereocenters. The van der Waals surface area contributed by atoms with E-state index in [4.69, 9.17) is 0 Å². The van der Waals surface area contributed by atoms with Crippen LogP contribution in [0.25, 0.3) is 12.2 Å². The zero-order chi connectivity index (χ0) is 21.6. The third kappa shape index (κ3) is 5.19. The Bertz CT molecular complexity index is 996. The lowest BCUT2D eigenvalue weighted by atomic mass is 10.1. The Labute approximate surface area is 164 Å². The second-order valence-electron chi connectivity index (χ2n) is 5.91. The van der Waals surface area contributed by atoms with Crippen molar-refractivity contribution in [1.29, 1.82) is 0 Å². The standard InChI is InChI=1S/C18H17N5O6/c1-3-8-19-20-16-7-5-13(9-12(16)2)4-6-15-17(22(26)27)10-14(21(24)25)11-18(15)23(28)29/h4-11,20H,3H2,1-2H3/b6-4+,19-8-. The summed E-state index contributed by atoms with van der Waals surface area (Å²) in [4.78, 5) is 30.9. The van der Waals surface area contributed by atoms with Crippen molar-refractivity contribution in [2.24, 2.45) is 5.10 Å². The summed E-state index contributed by atoms with van der Waals surface area (Å²) < 4.78 is 0. The van der Waals surface area contributed by atoms with Gasteiger partial charge in [0.1, 0.15) is 5.56 Å². The number of aryl methyl sites for hydroxylation is 1. The number of nitrogens with one attached hydrogen (secondary N) is 1. The number of benzene rings is 2. The SMILES string of the molecule is CC/C=N\Nc1ccc(/C=C/c2c([N+](=O)[O-])cc([N+](=O)[O-])cc2[N+](=O)[O-])cc1C. The molecule has 0 amide bonds. The monoisotopic (exact) mass is 399 g/mol. The van der Waals surface area contributed by atoms with Crippen LogP contribution in [0.15, 0.2) is 35.4 Å². The summed E-state index contributed by atoms with van der Waals surface area (Å²) in [5, 5.41) is 37.6. The molecule has 0 spiro atoms. The van der Waals surface area contributed by atoms with Crippen LogP contribution in [-0.4, -0.2) is 21.0 Å². The Kier molecular flexibility index (Phi) is 6.69. The minimum atomic E-state index is -0.913. The fourth-order valence-corrected chi connectivity index (χ4v) is 2.49. The largest absolute Gasteiger partial charge is 0.290 e. The lowest BCUT2D eigenvalue weighted by Crippen LogP contribution is -2.00. The van der Waals surface area contributed by atoms with E-state index in [0.29, 0.717) is 17.7 Å². The maximum atomic E-state index is 11.3. The number of hydrazone groups is 1. The number of hydrogen-bond donors (Lipinski definition) is 1. The molecule has 0 fully saturated rings.